The maximum Gasteiger partial charge on any atom is 0.208 e. The Morgan fingerprint density at radius 3 is 2.33 bits per heavy atom. The second kappa shape index (κ2) is 5.21. The molecule has 0 N–H and O–H groups in total. The van der Waals surface area contributed by atoms with Crippen molar-refractivity contribution in [1.82, 2.24) is 0 Å². The molecule has 1 rings (SSSR count). The Morgan fingerprint density at radius 2 is 1.87 bits per heavy atom. The van der Waals surface area contributed by atoms with E-state index in [0.717, 1.165) is 11.3 Å². The van der Waals surface area contributed by atoms with Gasteiger partial charge in [0.05, 0.1) is 7.11 Å². The molecule has 0 bridgehead atoms. The predicted molar refractivity (Wildman–Crippen MR) is 59.7 cm³/mol. The molecule has 0 saturated heterocycles. The van der Waals surface area contributed by atoms with Crippen LogP contribution in [0.4, 0.5) is 0 Å². The summed E-state index contributed by atoms with van der Waals surface area (Å²) in [4.78, 5) is 11.2. The Kier molecular flexibility index (Phi) is 3.93. The van der Waals surface area contributed by atoms with Gasteiger partial charge >= 0.3 is 0 Å². The highest BCUT2D eigenvalue weighted by Crippen LogP contribution is 2.10. The summed E-state index contributed by atoms with van der Waals surface area (Å²) in [5, 5.41) is 0. The van der Waals surface area contributed by atoms with Crippen molar-refractivity contribution >= 4 is 5.78 Å². The third-order valence-electron chi connectivity index (χ3n) is 1.94. The highest BCUT2D eigenvalue weighted by molar-refractivity contribution is 5.97. The van der Waals surface area contributed by atoms with Crippen LogP contribution in [0.2, 0.25) is 0 Å². The topological polar surface area (TPSA) is 26.3 Å². The number of rotatable bonds is 2. The van der Waals surface area contributed by atoms with E-state index in [-0.39, 0.29) is 11.7 Å². The molecule has 1 aromatic carbocycles. The first-order valence-electron chi connectivity index (χ1n) is 4.83. The van der Waals surface area contributed by atoms with E-state index >= 15 is 0 Å². The van der Waals surface area contributed by atoms with Crippen LogP contribution < -0.4 is 4.74 Å². The van der Waals surface area contributed by atoms with Gasteiger partial charge in [-0.2, -0.15) is 0 Å². The minimum Gasteiger partial charge on any atom is -0.497 e. The molecule has 0 radical (unpaired) electrons. The van der Waals surface area contributed by atoms with Crippen LogP contribution in [0.25, 0.3) is 0 Å². The first-order valence-corrected chi connectivity index (χ1v) is 4.83. The van der Waals surface area contributed by atoms with Gasteiger partial charge in [0.25, 0.3) is 0 Å². The van der Waals surface area contributed by atoms with E-state index in [1.54, 1.807) is 7.11 Å². The summed E-state index contributed by atoms with van der Waals surface area (Å²) in [7, 11) is 1.61. The second-order valence-electron chi connectivity index (χ2n) is 3.50. The van der Waals surface area contributed by atoms with Crippen LogP contribution >= 0.6 is 0 Å². The van der Waals surface area contributed by atoms with E-state index in [9.17, 15) is 4.79 Å². The van der Waals surface area contributed by atoms with Crippen molar-refractivity contribution < 1.29 is 9.53 Å². The third-order valence-corrected chi connectivity index (χ3v) is 1.94. The van der Waals surface area contributed by atoms with Gasteiger partial charge in [0.2, 0.25) is 5.78 Å². The maximum atomic E-state index is 11.2. The number of hydrogen-bond donors (Lipinski definition) is 0. The molecule has 0 spiro atoms. The van der Waals surface area contributed by atoms with Crippen molar-refractivity contribution in [1.29, 1.82) is 0 Å². The lowest BCUT2D eigenvalue weighted by molar-refractivity contribution is -0.116. The van der Waals surface area contributed by atoms with Crippen LogP contribution in [0, 0.1) is 17.8 Å². The number of ether oxygens (including phenoxy) is 1. The van der Waals surface area contributed by atoms with Crippen LogP contribution in [0.5, 0.6) is 5.75 Å². The summed E-state index contributed by atoms with van der Waals surface area (Å²) in [5.41, 5.74) is 0.824. The molecule has 0 saturated carbocycles. The monoisotopic (exact) mass is 202 g/mol. The normalized spacial score (nSPS) is 9.33. The molecule has 2 heteroatoms. The molecule has 0 aliphatic heterocycles. The zero-order valence-corrected chi connectivity index (χ0v) is 9.20. The van der Waals surface area contributed by atoms with Crippen LogP contribution in [0.1, 0.15) is 19.4 Å². The van der Waals surface area contributed by atoms with Gasteiger partial charge < -0.3 is 4.74 Å². The van der Waals surface area contributed by atoms with Crippen molar-refractivity contribution in [3.8, 4) is 17.6 Å². The van der Waals surface area contributed by atoms with Crippen molar-refractivity contribution in [2.45, 2.75) is 13.8 Å². The van der Waals surface area contributed by atoms with E-state index in [0.29, 0.717) is 0 Å². The zero-order chi connectivity index (χ0) is 11.3. The van der Waals surface area contributed by atoms with Gasteiger partial charge in [-0.15, -0.1) is 0 Å². The molecule has 0 heterocycles. The Hall–Kier alpha value is -1.75. The lowest BCUT2D eigenvalue weighted by Gasteiger charge is -1.97. The van der Waals surface area contributed by atoms with E-state index in [4.69, 9.17) is 4.74 Å². The molecular formula is C13H14O2. The molecule has 0 fully saturated rings. The summed E-state index contributed by atoms with van der Waals surface area (Å²) in [6, 6.07) is 7.31. The van der Waals surface area contributed by atoms with Gasteiger partial charge in [0.1, 0.15) is 5.75 Å². The van der Waals surface area contributed by atoms with Gasteiger partial charge in [0.15, 0.2) is 0 Å². The molecule has 78 valence electrons. The van der Waals surface area contributed by atoms with Crippen molar-refractivity contribution in [3.05, 3.63) is 29.8 Å². The zero-order valence-electron chi connectivity index (χ0n) is 9.20. The summed E-state index contributed by atoms with van der Waals surface area (Å²) in [5.74, 6) is 6.15. The molecule has 0 amide bonds. The third kappa shape index (κ3) is 3.47. The summed E-state index contributed by atoms with van der Waals surface area (Å²) < 4.78 is 5.02. The van der Waals surface area contributed by atoms with Crippen LogP contribution in [0.3, 0.4) is 0 Å². The maximum absolute atomic E-state index is 11.2. The SMILES string of the molecule is COc1ccc(C#CC(=O)C(C)C)cc1. The molecule has 0 atom stereocenters. The minimum atomic E-state index is -0.0363. The lowest BCUT2D eigenvalue weighted by Crippen LogP contribution is -2.02. The molecule has 1 aromatic rings. The van der Waals surface area contributed by atoms with E-state index in [1.165, 1.54) is 0 Å². The van der Waals surface area contributed by atoms with Gasteiger partial charge in [-0.25, -0.2) is 0 Å². The average Bonchev–Trinajstić information content (AvgIpc) is 2.26. The van der Waals surface area contributed by atoms with E-state index in [1.807, 2.05) is 38.1 Å². The number of carbonyl (C=O) groups is 1. The van der Waals surface area contributed by atoms with Crippen molar-refractivity contribution in [3.63, 3.8) is 0 Å². The van der Waals surface area contributed by atoms with E-state index < -0.39 is 0 Å². The molecule has 0 unspecified atom stereocenters. The highest BCUT2D eigenvalue weighted by Gasteiger charge is 2.01. The summed E-state index contributed by atoms with van der Waals surface area (Å²) in [6.07, 6.45) is 0. The second-order valence-corrected chi connectivity index (χ2v) is 3.50. The van der Waals surface area contributed by atoms with Crippen LogP contribution in [-0.2, 0) is 4.79 Å². The van der Waals surface area contributed by atoms with Crippen molar-refractivity contribution in [2.75, 3.05) is 7.11 Å². The van der Waals surface area contributed by atoms with Crippen LogP contribution in [0.15, 0.2) is 24.3 Å². The number of benzene rings is 1. The number of ketones is 1. The molecule has 2 nitrogen and oxygen atoms in total. The Morgan fingerprint density at radius 1 is 1.27 bits per heavy atom. The van der Waals surface area contributed by atoms with Gasteiger partial charge in [-0.3, -0.25) is 4.79 Å². The molecule has 0 aromatic heterocycles. The predicted octanol–water partition coefficient (Wildman–Crippen LogP) is 2.27. The van der Waals surface area contributed by atoms with Gasteiger partial charge in [0, 0.05) is 11.5 Å². The summed E-state index contributed by atoms with van der Waals surface area (Å²) >= 11 is 0. The summed E-state index contributed by atoms with van der Waals surface area (Å²) in [6.45, 7) is 3.68. The lowest BCUT2D eigenvalue weighted by atomic mass is 10.1. The molecule has 0 aliphatic carbocycles. The fraction of sp³-hybridized carbons (Fsp3) is 0.308. The minimum absolute atomic E-state index is 0.0317. The fourth-order valence-corrected chi connectivity index (χ4v) is 0.952. The first-order chi connectivity index (χ1) is 7.13. The van der Waals surface area contributed by atoms with Gasteiger partial charge in [-0.1, -0.05) is 19.8 Å². The van der Waals surface area contributed by atoms with E-state index in [2.05, 4.69) is 11.8 Å². The van der Waals surface area contributed by atoms with Crippen LogP contribution in [-0.4, -0.2) is 12.9 Å². The Bertz CT molecular complexity index is 391. The standard InChI is InChI=1S/C13H14O2/c1-10(2)13(14)9-6-11-4-7-12(15-3)8-5-11/h4-5,7-8,10H,1-3H3. The average molecular weight is 202 g/mol. The largest absolute Gasteiger partial charge is 0.497 e. The first kappa shape index (κ1) is 11.3. The van der Waals surface area contributed by atoms with Gasteiger partial charge in [-0.05, 0) is 30.2 Å². The molecular weight excluding hydrogens is 188 g/mol. The molecule has 0 aliphatic rings. The smallest absolute Gasteiger partial charge is 0.208 e. The van der Waals surface area contributed by atoms with Crippen molar-refractivity contribution in [2.24, 2.45) is 5.92 Å². The Labute approximate surface area is 90.3 Å². The number of hydrogen-bond acceptors (Lipinski definition) is 2. The fourth-order valence-electron chi connectivity index (χ4n) is 0.952. The number of methoxy groups -OCH3 is 1. The molecule has 15 heavy (non-hydrogen) atoms. The highest BCUT2D eigenvalue weighted by atomic mass is 16.5. The quantitative estimate of drug-likeness (QED) is 0.688. The Balaban J connectivity index is 2.76. The number of carbonyl (C=O) groups excluding carboxylic acids is 1. The number of Topliss-reactive ketones (excluding diaryl/α,β-unsaturated/α-hetero) is 1.